The first-order valence-corrected chi connectivity index (χ1v) is 11.1. The average molecular weight is 489 g/mol. The van der Waals surface area contributed by atoms with E-state index < -0.39 is 11.7 Å². The highest BCUT2D eigenvalue weighted by Crippen LogP contribution is 2.41. The highest BCUT2D eigenvalue weighted by atomic mass is 35.5. The number of likely N-dealkylation sites (tertiary alicyclic amines) is 1. The number of hydrogen-bond acceptors (Lipinski definition) is 6. The lowest BCUT2D eigenvalue weighted by atomic mass is 10.0. The molecule has 2 aliphatic rings. The number of nitrogens with one attached hydrogen (secondary N) is 1. The molecule has 11 heteroatoms. The Balaban J connectivity index is 1.39. The second kappa shape index (κ2) is 8.50. The molecule has 34 heavy (non-hydrogen) atoms. The molecular formula is C23H20ClF3N6O. The molecule has 3 unspecified atom stereocenters. The standard InChI is InChI=1S/C23H20ClF3N6O/c1-12-3-4-15(20-28-5-2-6-29-20)19(31-12)22(34)33-11-13-7-17(18(33)8-13)32-21-16(24)9-14(10-30-21)23(25,26)27/h2-6,9-10,13,17-18H,7-8,11H2,1H3,(H,30,32). The number of anilines is 1. The number of nitrogens with zero attached hydrogens (tertiary/aromatic N) is 5. The second-order valence-electron chi connectivity index (χ2n) is 8.59. The van der Waals surface area contributed by atoms with E-state index in [1.807, 2.05) is 6.92 Å². The van der Waals surface area contributed by atoms with Crippen LogP contribution in [0.2, 0.25) is 5.02 Å². The number of carbonyl (C=O) groups excluding carboxylic acids is 1. The van der Waals surface area contributed by atoms with E-state index in [0.29, 0.717) is 23.6 Å². The minimum atomic E-state index is -4.52. The molecule has 7 nitrogen and oxygen atoms in total. The van der Waals surface area contributed by atoms with Gasteiger partial charge in [-0.05, 0) is 49.9 Å². The molecule has 1 N–H and O–H groups in total. The fourth-order valence-electron chi connectivity index (χ4n) is 4.76. The highest BCUT2D eigenvalue weighted by molar-refractivity contribution is 6.33. The summed E-state index contributed by atoms with van der Waals surface area (Å²) in [6, 6.07) is 5.80. The SMILES string of the molecule is Cc1ccc(-c2ncccn2)c(C(=O)N2CC3CC(Nc4ncc(C(F)(F)F)cc4Cl)C2C3)n1. The summed E-state index contributed by atoms with van der Waals surface area (Å²) in [7, 11) is 0. The van der Waals surface area contributed by atoms with Crippen molar-refractivity contribution in [3.05, 3.63) is 64.8 Å². The van der Waals surface area contributed by atoms with E-state index in [2.05, 4.69) is 25.3 Å². The van der Waals surface area contributed by atoms with Gasteiger partial charge in [0.1, 0.15) is 11.5 Å². The minimum Gasteiger partial charge on any atom is -0.364 e. The monoisotopic (exact) mass is 488 g/mol. The quantitative estimate of drug-likeness (QED) is 0.576. The van der Waals surface area contributed by atoms with Gasteiger partial charge in [0.05, 0.1) is 22.2 Å². The Morgan fingerprint density at radius 2 is 1.94 bits per heavy atom. The predicted octanol–water partition coefficient (Wildman–Crippen LogP) is 4.63. The van der Waals surface area contributed by atoms with Crippen molar-refractivity contribution in [3.8, 4) is 11.4 Å². The van der Waals surface area contributed by atoms with Crippen molar-refractivity contribution in [1.82, 2.24) is 24.8 Å². The Labute approximate surface area is 198 Å². The van der Waals surface area contributed by atoms with Crippen molar-refractivity contribution in [2.45, 2.75) is 38.0 Å². The van der Waals surface area contributed by atoms with Crippen LogP contribution < -0.4 is 5.32 Å². The maximum absolute atomic E-state index is 13.6. The summed E-state index contributed by atoms with van der Waals surface area (Å²) in [6.45, 7) is 2.39. The molecule has 1 amide bonds. The van der Waals surface area contributed by atoms with Gasteiger partial charge in [-0.3, -0.25) is 4.79 Å². The predicted molar refractivity (Wildman–Crippen MR) is 119 cm³/mol. The molecule has 0 radical (unpaired) electrons. The van der Waals surface area contributed by atoms with E-state index in [1.165, 1.54) is 0 Å². The highest BCUT2D eigenvalue weighted by Gasteiger charge is 2.48. The zero-order chi connectivity index (χ0) is 24.0. The van der Waals surface area contributed by atoms with Gasteiger partial charge < -0.3 is 10.2 Å². The largest absolute Gasteiger partial charge is 0.417 e. The van der Waals surface area contributed by atoms with E-state index in [0.717, 1.165) is 25.1 Å². The molecule has 3 aromatic rings. The molecule has 5 rings (SSSR count). The summed E-state index contributed by atoms with van der Waals surface area (Å²) in [5, 5.41) is 3.05. The first-order chi connectivity index (χ1) is 16.2. The normalized spacial score (nSPS) is 21.7. The molecule has 1 saturated heterocycles. The maximum atomic E-state index is 13.6. The third-order valence-corrected chi connectivity index (χ3v) is 6.57. The lowest BCUT2D eigenvalue weighted by Gasteiger charge is -2.34. The number of carbonyl (C=O) groups is 1. The van der Waals surface area contributed by atoms with Crippen LogP contribution in [0, 0.1) is 12.8 Å². The number of fused-ring (bicyclic) bond motifs is 2. The summed E-state index contributed by atoms with van der Waals surface area (Å²) < 4.78 is 38.8. The van der Waals surface area contributed by atoms with Crippen LogP contribution in [0.5, 0.6) is 0 Å². The van der Waals surface area contributed by atoms with Crippen molar-refractivity contribution in [1.29, 1.82) is 0 Å². The fourth-order valence-corrected chi connectivity index (χ4v) is 4.98. The Hall–Kier alpha value is -3.27. The third-order valence-electron chi connectivity index (χ3n) is 6.28. The summed E-state index contributed by atoms with van der Waals surface area (Å²) in [4.78, 5) is 32.3. The Bertz CT molecular complexity index is 1240. The van der Waals surface area contributed by atoms with E-state index in [1.54, 1.807) is 35.5 Å². The number of alkyl halides is 3. The number of amides is 1. The number of rotatable bonds is 4. The van der Waals surface area contributed by atoms with Crippen molar-refractivity contribution in [2.75, 3.05) is 11.9 Å². The lowest BCUT2D eigenvalue weighted by Crippen LogP contribution is -2.48. The van der Waals surface area contributed by atoms with Gasteiger partial charge in [-0.15, -0.1) is 0 Å². The first-order valence-electron chi connectivity index (χ1n) is 10.8. The van der Waals surface area contributed by atoms with Crippen molar-refractivity contribution >= 4 is 23.3 Å². The molecule has 4 heterocycles. The number of piperidine rings is 1. The summed E-state index contributed by atoms with van der Waals surface area (Å²) >= 11 is 6.09. The van der Waals surface area contributed by atoms with Gasteiger partial charge in [-0.2, -0.15) is 13.2 Å². The summed E-state index contributed by atoms with van der Waals surface area (Å²) in [5.74, 6) is 0.627. The summed E-state index contributed by atoms with van der Waals surface area (Å²) in [6.07, 6.45) is 0.997. The smallest absolute Gasteiger partial charge is 0.364 e. The van der Waals surface area contributed by atoms with Gasteiger partial charge in [0.15, 0.2) is 5.82 Å². The van der Waals surface area contributed by atoms with Crippen LogP contribution >= 0.6 is 11.6 Å². The van der Waals surface area contributed by atoms with Crippen LogP contribution in [0.4, 0.5) is 19.0 Å². The number of aryl methyl sites for hydroxylation is 1. The Kier molecular flexibility index (Phi) is 5.63. The molecular weight excluding hydrogens is 469 g/mol. The third kappa shape index (κ3) is 4.18. The minimum absolute atomic E-state index is 0.112. The van der Waals surface area contributed by atoms with Crippen LogP contribution in [0.1, 0.15) is 34.6 Å². The van der Waals surface area contributed by atoms with E-state index in [9.17, 15) is 18.0 Å². The zero-order valence-electron chi connectivity index (χ0n) is 18.1. The Morgan fingerprint density at radius 3 is 2.62 bits per heavy atom. The van der Waals surface area contributed by atoms with Crippen molar-refractivity contribution in [2.24, 2.45) is 5.92 Å². The molecule has 176 valence electrons. The van der Waals surface area contributed by atoms with Crippen molar-refractivity contribution < 1.29 is 18.0 Å². The Morgan fingerprint density at radius 1 is 1.18 bits per heavy atom. The topological polar surface area (TPSA) is 83.9 Å². The van der Waals surface area contributed by atoms with Gasteiger partial charge in [0.25, 0.3) is 5.91 Å². The van der Waals surface area contributed by atoms with E-state index in [4.69, 9.17) is 11.6 Å². The van der Waals surface area contributed by atoms with Gasteiger partial charge in [-0.1, -0.05) is 11.6 Å². The number of hydrogen-bond donors (Lipinski definition) is 1. The summed E-state index contributed by atoms with van der Waals surface area (Å²) in [5.41, 5.74) is 0.621. The number of pyridine rings is 2. The number of aromatic nitrogens is 4. The van der Waals surface area contributed by atoms with Gasteiger partial charge in [0, 0.05) is 36.9 Å². The fraction of sp³-hybridized carbons (Fsp3) is 0.348. The molecule has 2 bridgehead atoms. The van der Waals surface area contributed by atoms with Gasteiger partial charge >= 0.3 is 6.18 Å². The molecule has 1 saturated carbocycles. The van der Waals surface area contributed by atoms with Crippen LogP contribution in [0.15, 0.2) is 42.9 Å². The van der Waals surface area contributed by atoms with Crippen LogP contribution in [-0.4, -0.2) is 49.4 Å². The maximum Gasteiger partial charge on any atom is 0.417 e. The zero-order valence-corrected chi connectivity index (χ0v) is 18.8. The van der Waals surface area contributed by atoms with Crippen LogP contribution in [-0.2, 0) is 6.18 Å². The molecule has 0 aromatic carbocycles. The first kappa shape index (κ1) is 22.5. The van der Waals surface area contributed by atoms with E-state index >= 15 is 0 Å². The average Bonchev–Trinajstić information content (AvgIpc) is 3.40. The molecule has 0 spiro atoms. The number of halogens is 4. The van der Waals surface area contributed by atoms with Crippen molar-refractivity contribution in [3.63, 3.8) is 0 Å². The van der Waals surface area contributed by atoms with Crippen LogP contribution in [0.25, 0.3) is 11.4 Å². The lowest BCUT2D eigenvalue weighted by molar-refractivity contribution is -0.137. The van der Waals surface area contributed by atoms with Crippen LogP contribution in [0.3, 0.4) is 0 Å². The van der Waals surface area contributed by atoms with Gasteiger partial charge in [-0.25, -0.2) is 19.9 Å². The molecule has 2 fully saturated rings. The molecule has 1 aliphatic carbocycles. The molecule has 1 aliphatic heterocycles. The molecule has 3 atom stereocenters. The van der Waals surface area contributed by atoms with E-state index in [-0.39, 0.29) is 40.4 Å². The second-order valence-corrected chi connectivity index (χ2v) is 8.99. The molecule has 3 aromatic heterocycles. The van der Waals surface area contributed by atoms with Gasteiger partial charge in [0.2, 0.25) is 0 Å².